The highest BCUT2D eigenvalue weighted by molar-refractivity contribution is 7.89. The second kappa shape index (κ2) is 6.55. The van der Waals surface area contributed by atoms with Gasteiger partial charge in [0.15, 0.2) is 0 Å². The van der Waals surface area contributed by atoms with Crippen molar-refractivity contribution in [2.45, 2.75) is 37.6 Å². The molecule has 0 saturated heterocycles. The minimum absolute atomic E-state index is 0.00207. The molecule has 1 atom stereocenters. The second-order valence-corrected chi connectivity index (χ2v) is 7.54. The van der Waals surface area contributed by atoms with Gasteiger partial charge >= 0.3 is 0 Å². The number of hydrogen-bond donors (Lipinski definition) is 3. The van der Waals surface area contributed by atoms with Crippen molar-refractivity contribution in [3.63, 3.8) is 0 Å². The summed E-state index contributed by atoms with van der Waals surface area (Å²) < 4.78 is 27.5. The van der Waals surface area contributed by atoms with Crippen LogP contribution >= 0.6 is 0 Å². The summed E-state index contributed by atoms with van der Waals surface area (Å²) in [6.45, 7) is 5.94. The van der Waals surface area contributed by atoms with Gasteiger partial charge in [-0.3, -0.25) is 4.79 Å². The molecular weight excluding hydrogens is 290 g/mol. The van der Waals surface area contributed by atoms with Gasteiger partial charge in [0.2, 0.25) is 15.9 Å². The van der Waals surface area contributed by atoms with E-state index in [4.69, 9.17) is 11.5 Å². The third-order valence-corrected chi connectivity index (χ3v) is 4.75. The number of rotatable bonds is 7. The lowest BCUT2D eigenvalue weighted by Crippen LogP contribution is -2.52. The van der Waals surface area contributed by atoms with E-state index in [0.717, 1.165) is 0 Å². The van der Waals surface area contributed by atoms with Crippen molar-refractivity contribution in [1.29, 1.82) is 0 Å². The van der Waals surface area contributed by atoms with Gasteiger partial charge in [0.05, 0.1) is 4.90 Å². The van der Waals surface area contributed by atoms with Gasteiger partial charge in [0, 0.05) is 17.6 Å². The highest BCUT2D eigenvalue weighted by atomic mass is 32.2. The van der Waals surface area contributed by atoms with E-state index in [2.05, 4.69) is 4.72 Å². The molecule has 0 aliphatic carbocycles. The zero-order valence-corrected chi connectivity index (χ0v) is 13.4. The van der Waals surface area contributed by atoms with Crippen molar-refractivity contribution in [2.75, 3.05) is 6.54 Å². The van der Waals surface area contributed by atoms with Crippen LogP contribution in [0.1, 0.15) is 37.6 Å². The Morgan fingerprint density at radius 1 is 1.38 bits per heavy atom. The van der Waals surface area contributed by atoms with E-state index in [1.807, 2.05) is 13.8 Å². The molecule has 0 aromatic heterocycles. The minimum Gasteiger partial charge on any atom is -0.366 e. The number of primary amides is 1. The normalized spacial score (nSPS) is 14.9. The maximum Gasteiger partial charge on any atom is 0.248 e. The highest BCUT2D eigenvalue weighted by Crippen LogP contribution is 2.20. The zero-order chi connectivity index (χ0) is 16.3. The molecule has 118 valence electrons. The van der Waals surface area contributed by atoms with E-state index in [1.54, 1.807) is 6.92 Å². The van der Waals surface area contributed by atoms with Gasteiger partial charge in [-0.15, -0.1) is 0 Å². The maximum absolute atomic E-state index is 12.4. The molecule has 0 saturated carbocycles. The summed E-state index contributed by atoms with van der Waals surface area (Å²) in [5, 5.41) is 0. The first-order valence-electron chi connectivity index (χ1n) is 6.73. The van der Waals surface area contributed by atoms with E-state index in [0.29, 0.717) is 12.3 Å². The molecule has 0 spiro atoms. The summed E-state index contributed by atoms with van der Waals surface area (Å²) in [6, 6.07) is 5.63. The van der Waals surface area contributed by atoms with E-state index < -0.39 is 21.5 Å². The molecule has 0 fully saturated rings. The maximum atomic E-state index is 12.4. The van der Waals surface area contributed by atoms with Crippen LogP contribution in [0.5, 0.6) is 0 Å². The Balaban J connectivity index is 3.11. The lowest BCUT2D eigenvalue weighted by molar-refractivity contribution is 0.1000. The molecule has 6 nitrogen and oxygen atoms in total. The van der Waals surface area contributed by atoms with Crippen LogP contribution in [0, 0.1) is 5.92 Å². The van der Waals surface area contributed by atoms with Gasteiger partial charge in [0.25, 0.3) is 0 Å². The molecule has 0 aliphatic rings. The lowest BCUT2D eigenvalue weighted by atomic mass is 9.92. The smallest absolute Gasteiger partial charge is 0.248 e. The Bertz CT molecular complexity index is 614. The summed E-state index contributed by atoms with van der Waals surface area (Å²) in [5.41, 5.74) is 10.3. The largest absolute Gasteiger partial charge is 0.366 e. The number of hydrogen-bond acceptors (Lipinski definition) is 4. The van der Waals surface area contributed by atoms with Crippen molar-refractivity contribution in [2.24, 2.45) is 17.4 Å². The Hall–Kier alpha value is -1.44. The average Bonchev–Trinajstić information content (AvgIpc) is 2.37. The Labute approximate surface area is 126 Å². The second-order valence-electron chi connectivity index (χ2n) is 5.86. The topological polar surface area (TPSA) is 115 Å². The zero-order valence-electron chi connectivity index (χ0n) is 12.6. The van der Waals surface area contributed by atoms with Gasteiger partial charge in [-0.05, 0) is 37.5 Å². The number of carbonyl (C=O) groups is 1. The van der Waals surface area contributed by atoms with Crippen molar-refractivity contribution in [3.8, 4) is 0 Å². The first-order chi connectivity index (χ1) is 9.59. The molecule has 1 aromatic rings. The molecular formula is C14H23N3O3S. The minimum atomic E-state index is -3.77. The summed E-state index contributed by atoms with van der Waals surface area (Å²) in [4.78, 5) is 11.2. The molecule has 0 aliphatic heterocycles. The Morgan fingerprint density at radius 2 is 2.00 bits per heavy atom. The fourth-order valence-corrected chi connectivity index (χ4v) is 3.74. The molecule has 7 heteroatoms. The summed E-state index contributed by atoms with van der Waals surface area (Å²) in [5.74, 6) is -0.381. The van der Waals surface area contributed by atoms with Crippen LogP contribution in [0.3, 0.4) is 0 Å². The SMILES string of the molecule is CC(C)CC(C)(CN)NS(=O)(=O)c1cccc(C(N)=O)c1. The number of nitrogens with two attached hydrogens (primary N) is 2. The first-order valence-corrected chi connectivity index (χ1v) is 8.22. The third-order valence-electron chi connectivity index (χ3n) is 3.12. The molecule has 5 N–H and O–H groups in total. The molecule has 1 aromatic carbocycles. The lowest BCUT2D eigenvalue weighted by Gasteiger charge is -2.30. The van der Waals surface area contributed by atoms with Crippen molar-refractivity contribution in [1.82, 2.24) is 4.72 Å². The van der Waals surface area contributed by atoms with E-state index >= 15 is 0 Å². The summed E-state index contributed by atoms with van der Waals surface area (Å²) in [6.07, 6.45) is 0.609. The summed E-state index contributed by atoms with van der Waals surface area (Å²) >= 11 is 0. The Morgan fingerprint density at radius 3 is 2.48 bits per heavy atom. The van der Waals surface area contributed by atoms with Crippen LogP contribution in [-0.2, 0) is 10.0 Å². The van der Waals surface area contributed by atoms with E-state index in [-0.39, 0.29) is 17.0 Å². The number of amides is 1. The van der Waals surface area contributed by atoms with Crippen LogP contribution in [0.2, 0.25) is 0 Å². The van der Waals surface area contributed by atoms with Crippen molar-refractivity contribution < 1.29 is 13.2 Å². The first kappa shape index (κ1) is 17.6. The number of nitrogens with one attached hydrogen (secondary N) is 1. The molecule has 1 amide bonds. The van der Waals surface area contributed by atoms with E-state index in [1.165, 1.54) is 24.3 Å². The quantitative estimate of drug-likeness (QED) is 0.691. The highest BCUT2D eigenvalue weighted by Gasteiger charge is 2.30. The fraction of sp³-hybridized carbons (Fsp3) is 0.500. The van der Waals surface area contributed by atoms with Crippen LogP contribution < -0.4 is 16.2 Å². The monoisotopic (exact) mass is 313 g/mol. The number of sulfonamides is 1. The van der Waals surface area contributed by atoms with Gasteiger partial charge in [-0.2, -0.15) is 0 Å². The van der Waals surface area contributed by atoms with Crippen LogP contribution in [0.4, 0.5) is 0 Å². The number of carbonyl (C=O) groups excluding carboxylic acids is 1. The predicted octanol–water partition coefficient (Wildman–Crippen LogP) is 0.827. The van der Waals surface area contributed by atoms with Crippen LogP contribution in [0.15, 0.2) is 29.2 Å². The molecule has 1 rings (SSSR count). The molecule has 21 heavy (non-hydrogen) atoms. The third kappa shape index (κ3) is 4.80. The average molecular weight is 313 g/mol. The van der Waals surface area contributed by atoms with Crippen molar-refractivity contribution >= 4 is 15.9 Å². The standard InChI is InChI=1S/C14H23N3O3S/c1-10(2)8-14(3,9-15)17-21(19,20)12-6-4-5-11(7-12)13(16)18/h4-7,10,17H,8-9,15H2,1-3H3,(H2,16,18). The molecule has 0 radical (unpaired) electrons. The Kier molecular flexibility index (Phi) is 5.49. The molecule has 0 bridgehead atoms. The van der Waals surface area contributed by atoms with Gasteiger partial charge in [-0.25, -0.2) is 13.1 Å². The van der Waals surface area contributed by atoms with Gasteiger partial charge in [0.1, 0.15) is 0 Å². The molecule has 1 unspecified atom stereocenters. The van der Waals surface area contributed by atoms with Crippen molar-refractivity contribution in [3.05, 3.63) is 29.8 Å². The van der Waals surface area contributed by atoms with E-state index in [9.17, 15) is 13.2 Å². The van der Waals surface area contributed by atoms with Crippen LogP contribution in [0.25, 0.3) is 0 Å². The van der Waals surface area contributed by atoms with Gasteiger partial charge < -0.3 is 11.5 Å². The van der Waals surface area contributed by atoms with Crippen LogP contribution in [-0.4, -0.2) is 26.4 Å². The molecule has 0 heterocycles. The predicted molar refractivity (Wildman–Crippen MR) is 82.2 cm³/mol. The number of benzene rings is 1. The summed E-state index contributed by atoms with van der Waals surface area (Å²) in [7, 11) is -3.77. The fourth-order valence-electron chi connectivity index (χ4n) is 2.27. The van der Waals surface area contributed by atoms with Gasteiger partial charge in [-0.1, -0.05) is 19.9 Å².